The van der Waals surface area contributed by atoms with Crippen molar-refractivity contribution < 1.29 is 9.90 Å². The summed E-state index contributed by atoms with van der Waals surface area (Å²) in [5.41, 5.74) is 2.29. The Hall–Kier alpha value is -1.43. The van der Waals surface area contributed by atoms with Crippen LogP contribution in [0.3, 0.4) is 0 Å². The first-order chi connectivity index (χ1) is 9.65. The van der Waals surface area contributed by atoms with Crippen LogP contribution in [-0.4, -0.2) is 25.7 Å². The summed E-state index contributed by atoms with van der Waals surface area (Å²) in [5.74, 6) is -0.369. The summed E-state index contributed by atoms with van der Waals surface area (Å²) in [6.07, 6.45) is 6.12. The van der Waals surface area contributed by atoms with Gasteiger partial charge in [0.15, 0.2) is 5.65 Å². The minimum Gasteiger partial charge on any atom is -0.481 e. The minimum absolute atomic E-state index is 0.0945. The van der Waals surface area contributed by atoms with Crippen LogP contribution < -0.4 is 0 Å². The molecule has 2 heterocycles. The maximum atomic E-state index is 10.8. The third-order valence-electron chi connectivity index (χ3n) is 3.85. The SMILES string of the molecule is O=C(O)Cc1nc2ccc(C3CCCCC3)nn2c1Br. The van der Waals surface area contributed by atoms with E-state index in [1.54, 1.807) is 4.52 Å². The van der Waals surface area contributed by atoms with Crippen molar-refractivity contribution in [2.24, 2.45) is 0 Å². The lowest BCUT2D eigenvalue weighted by Gasteiger charge is -2.20. The van der Waals surface area contributed by atoms with Crippen molar-refractivity contribution in [2.45, 2.75) is 44.4 Å². The van der Waals surface area contributed by atoms with Crippen molar-refractivity contribution in [3.05, 3.63) is 28.1 Å². The molecule has 1 aliphatic rings. The van der Waals surface area contributed by atoms with Gasteiger partial charge in [-0.2, -0.15) is 5.10 Å². The molecule has 1 saturated carbocycles. The lowest BCUT2D eigenvalue weighted by Crippen LogP contribution is -2.08. The van der Waals surface area contributed by atoms with Crippen molar-refractivity contribution in [1.29, 1.82) is 0 Å². The predicted molar refractivity (Wildman–Crippen MR) is 77.9 cm³/mol. The van der Waals surface area contributed by atoms with E-state index in [1.165, 1.54) is 32.1 Å². The zero-order valence-electron chi connectivity index (χ0n) is 11.0. The van der Waals surface area contributed by atoms with Gasteiger partial charge in [-0.15, -0.1) is 0 Å². The molecule has 0 aliphatic heterocycles. The van der Waals surface area contributed by atoms with Crippen LogP contribution in [0, 0.1) is 0 Å². The number of carboxylic acids is 1. The van der Waals surface area contributed by atoms with Crippen LogP contribution in [0.15, 0.2) is 16.7 Å². The van der Waals surface area contributed by atoms with Gasteiger partial charge in [-0.1, -0.05) is 19.3 Å². The normalized spacial score (nSPS) is 16.6. The van der Waals surface area contributed by atoms with Gasteiger partial charge in [-0.3, -0.25) is 4.79 Å². The Bertz CT molecular complexity index is 647. The number of fused-ring (bicyclic) bond motifs is 1. The van der Waals surface area contributed by atoms with E-state index in [9.17, 15) is 4.79 Å². The Morgan fingerprint density at radius 2 is 2.10 bits per heavy atom. The standard InChI is InChI=1S/C14H16BrN3O2/c15-14-11(8-13(19)20)16-12-7-6-10(17-18(12)14)9-4-2-1-3-5-9/h6-7,9H,1-5,8H2,(H,19,20). The molecule has 0 saturated heterocycles. The lowest BCUT2D eigenvalue weighted by molar-refractivity contribution is -0.136. The molecule has 2 aromatic heterocycles. The number of rotatable bonds is 3. The second-order valence-electron chi connectivity index (χ2n) is 5.28. The van der Waals surface area contributed by atoms with Crippen LogP contribution in [0.4, 0.5) is 0 Å². The van der Waals surface area contributed by atoms with Crippen LogP contribution >= 0.6 is 15.9 Å². The number of nitrogens with zero attached hydrogens (tertiary/aromatic N) is 3. The fourth-order valence-corrected chi connectivity index (χ4v) is 3.33. The van der Waals surface area contributed by atoms with Gasteiger partial charge >= 0.3 is 5.97 Å². The Morgan fingerprint density at radius 1 is 1.35 bits per heavy atom. The first kappa shape index (κ1) is 13.5. The van der Waals surface area contributed by atoms with Crippen LogP contribution in [0.5, 0.6) is 0 Å². The van der Waals surface area contributed by atoms with E-state index in [4.69, 9.17) is 5.11 Å². The number of aliphatic carboxylic acids is 1. The van der Waals surface area contributed by atoms with Crippen LogP contribution in [-0.2, 0) is 11.2 Å². The molecule has 0 amide bonds. The molecule has 0 bridgehead atoms. The summed E-state index contributed by atoms with van der Waals surface area (Å²) >= 11 is 3.41. The molecule has 2 aromatic rings. The number of hydrogen-bond acceptors (Lipinski definition) is 3. The van der Waals surface area contributed by atoms with E-state index in [0.717, 1.165) is 5.69 Å². The number of halogens is 1. The third kappa shape index (κ3) is 2.57. The average Bonchev–Trinajstić information content (AvgIpc) is 2.75. The molecule has 1 aliphatic carbocycles. The Morgan fingerprint density at radius 3 is 2.80 bits per heavy atom. The van der Waals surface area contributed by atoms with Gasteiger partial charge in [-0.25, -0.2) is 9.50 Å². The molecule has 3 rings (SSSR count). The van der Waals surface area contributed by atoms with Gasteiger partial charge in [0, 0.05) is 5.92 Å². The van der Waals surface area contributed by atoms with Gasteiger partial charge < -0.3 is 5.11 Å². The highest BCUT2D eigenvalue weighted by molar-refractivity contribution is 9.10. The van der Waals surface area contributed by atoms with Gasteiger partial charge in [0.25, 0.3) is 0 Å². The summed E-state index contributed by atoms with van der Waals surface area (Å²) in [5, 5.41) is 13.5. The number of hydrogen-bond donors (Lipinski definition) is 1. The smallest absolute Gasteiger partial charge is 0.309 e. The van der Waals surface area contributed by atoms with E-state index in [2.05, 4.69) is 26.0 Å². The Labute approximate surface area is 125 Å². The zero-order valence-corrected chi connectivity index (χ0v) is 12.6. The fraction of sp³-hybridized carbons (Fsp3) is 0.500. The molecule has 0 atom stereocenters. The van der Waals surface area contributed by atoms with E-state index < -0.39 is 5.97 Å². The maximum Gasteiger partial charge on any atom is 0.309 e. The third-order valence-corrected chi connectivity index (χ3v) is 4.64. The molecule has 1 N–H and O–H groups in total. The van der Waals surface area contributed by atoms with Crippen molar-refractivity contribution >= 4 is 27.5 Å². The lowest BCUT2D eigenvalue weighted by atomic mass is 9.87. The van der Waals surface area contributed by atoms with Gasteiger partial charge in [0.05, 0.1) is 17.8 Å². The molecular weight excluding hydrogens is 322 g/mol. The maximum absolute atomic E-state index is 10.8. The molecule has 0 aromatic carbocycles. The largest absolute Gasteiger partial charge is 0.481 e. The second-order valence-corrected chi connectivity index (χ2v) is 6.03. The van der Waals surface area contributed by atoms with Crippen molar-refractivity contribution in [2.75, 3.05) is 0 Å². The highest BCUT2D eigenvalue weighted by Gasteiger charge is 2.19. The van der Waals surface area contributed by atoms with E-state index in [0.29, 0.717) is 21.9 Å². The predicted octanol–water partition coefficient (Wildman–Crippen LogP) is 3.17. The summed E-state index contributed by atoms with van der Waals surface area (Å²) in [6, 6.07) is 3.95. The molecule has 0 radical (unpaired) electrons. The first-order valence-electron chi connectivity index (χ1n) is 6.91. The van der Waals surface area contributed by atoms with Crippen molar-refractivity contribution in [3.63, 3.8) is 0 Å². The molecule has 0 unspecified atom stereocenters. The van der Waals surface area contributed by atoms with E-state index in [-0.39, 0.29) is 6.42 Å². The van der Waals surface area contributed by atoms with Gasteiger partial charge in [-0.05, 0) is 40.9 Å². The van der Waals surface area contributed by atoms with Gasteiger partial charge in [0.1, 0.15) is 4.60 Å². The minimum atomic E-state index is -0.887. The molecule has 106 valence electrons. The molecule has 20 heavy (non-hydrogen) atoms. The number of carbonyl (C=O) groups is 1. The van der Waals surface area contributed by atoms with Crippen LogP contribution in [0.1, 0.15) is 49.4 Å². The van der Waals surface area contributed by atoms with E-state index in [1.807, 2.05) is 12.1 Å². The monoisotopic (exact) mass is 337 g/mol. The quantitative estimate of drug-likeness (QED) is 0.933. The first-order valence-corrected chi connectivity index (χ1v) is 7.70. The number of aromatic nitrogens is 3. The summed E-state index contributed by atoms with van der Waals surface area (Å²) < 4.78 is 2.36. The summed E-state index contributed by atoms with van der Waals surface area (Å²) in [7, 11) is 0. The molecule has 6 heteroatoms. The zero-order chi connectivity index (χ0) is 14.1. The molecule has 1 fully saturated rings. The summed E-state index contributed by atoms with van der Waals surface area (Å²) in [4.78, 5) is 15.1. The van der Waals surface area contributed by atoms with Crippen LogP contribution in [0.2, 0.25) is 0 Å². The molecule has 0 spiro atoms. The van der Waals surface area contributed by atoms with Gasteiger partial charge in [0.2, 0.25) is 0 Å². The summed E-state index contributed by atoms with van der Waals surface area (Å²) in [6.45, 7) is 0. The highest BCUT2D eigenvalue weighted by Crippen LogP contribution is 2.32. The topological polar surface area (TPSA) is 67.5 Å². The van der Waals surface area contributed by atoms with Crippen molar-refractivity contribution in [3.8, 4) is 0 Å². The number of carboxylic acid groups (broad SMARTS) is 1. The highest BCUT2D eigenvalue weighted by atomic mass is 79.9. The Balaban J connectivity index is 1.97. The number of imidazole rings is 1. The van der Waals surface area contributed by atoms with E-state index >= 15 is 0 Å². The molecular formula is C14H16BrN3O2. The Kier molecular flexibility index (Phi) is 3.74. The van der Waals surface area contributed by atoms with Crippen molar-refractivity contribution in [1.82, 2.24) is 14.6 Å². The average molecular weight is 338 g/mol. The second kappa shape index (κ2) is 5.52. The van der Waals surface area contributed by atoms with Crippen LogP contribution in [0.25, 0.3) is 5.65 Å². The molecule has 5 nitrogen and oxygen atoms in total. The fourth-order valence-electron chi connectivity index (χ4n) is 2.84.